The second-order valence-electron chi connectivity index (χ2n) is 9.01. The largest absolute Gasteiger partial charge is 0.506 e. The molecule has 0 amide bonds. The van der Waals surface area contributed by atoms with Gasteiger partial charge in [0, 0.05) is 11.5 Å². The molecule has 2 fully saturated rings. The third-order valence-electron chi connectivity index (χ3n) is 7.17. The first-order valence-electron chi connectivity index (χ1n) is 11.1. The van der Waals surface area contributed by atoms with E-state index in [1.54, 1.807) is 6.07 Å². The summed E-state index contributed by atoms with van der Waals surface area (Å²) in [4.78, 5) is 8.70. The molecule has 9 heteroatoms. The Balaban J connectivity index is 0.000000385. The van der Waals surface area contributed by atoms with Gasteiger partial charge in [-0.15, -0.1) is 0 Å². The number of phenolic OH excluding ortho intramolecular Hbond substituents is 3. The van der Waals surface area contributed by atoms with E-state index in [0.29, 0.717) is 17.6 Å². The molecule has 0 aromatic heterocycles. The number of carbonyl (C=O) groups is 1. The molecule has 5 N–H and O–H groups in total. The zero-order chi connectivity index (χ0) is 23.8. The van der Waals surface area contributed by atoms with Gasteiger partial charge in [-0.05, 0) is 73.5 Å². The average Bonchev–Trinajstić information content (AvgIpc) is 2.77. The van der Waals surface area contributed by atoms with E-state index < -0.39 is 12.5 Å². The third kappa shape index (κ3) is 4.46. The van der Waals surface area contributed by atoms with Gasteiger partial charge >= 0.3 is 6.18 Å². The van der Waals surface area contributed by atoms with Gasteiger partial charge in [-0.2, -0.15) is 13.2 Å². The molecular weight excluding hydrogens is 437 g/mol. The molecule has 2 aromatic rings. The van der Waals surface area contributed by atoms with E-state index in [0.717, 1.165) is 19.4 Å². The second kappa shape index (κ2) is 8.78. The molecule has 2 aliphatic carbocycles. The van der Waals surface area contributed by atoms with Crippen molar-refractivity contribution in [1.29, 1.82) is 0 Å². The van der Waals surface area contributed by atoms with Crippen LogP contribution in [0.25, 0.3) is 0 Å². The Kier molecular flexibility index (Phi) is 6.18. The van der Waals surface area contributed by atoms with Crippen molar-refractivity contribution in [3.05, 3.63) is 41.5 Å². The molecule has 2 bridgehead atoms. The highest BCUT2D eigenvalue weighted by atomic mass is 19.4. The van der Waals surface area contributed by atoms with E-state index in [1.165, 1.54) is 48.9 Å². The summed E-state index contributed by atoms with van der Waals surface area (Å²) in [6.45, 7) is 1.05. The van der Waals surface area contributed by atoms with Gasteiger partial charge in [-0.25, -0.2) is 0 Å². The van der Waals surface area contributed by atoms with Crippen LogP contribution >= 0.6 is 0 Å². The molecular formula is C24H27F3N2O4. The minimum absolute atomic E-state index is 0.0448. The Labute approximate surface area is 189 Å². The van der Waals surface area contributed by atoms with Crippen LogP contribution in [-0.4, -0.2) is 40.4 Å². The van der Waals surface area contributed by atoms with Gasteiger partial charge < -0.3 is 26.0 Å². The maximum absolute atomic E-state index is 10.8. The summed E-state index contributed by atoms with van der Waals surface area (Å²) in [5.74, 6) is 0.744. The van der Waals surface area contributed by atoms with Crippen molar-refractivity contribution < 1.29 is 33.3 Å². The maximum Gasteiger partial charge on any atom is 0.446 e. The summed E-state index contributed by atoms with van der Waals surface area (Å²) in [7, 11) is 0. The fraction of sp³-hybridized carbons (Fsp3) is 0.458. The van der Waals surface area contributed by atoms with Crippen LogP contribution in [0.15, 0.2) is 30.3 Å². The lowest BCUT2D eigenvalue weighted by atomic mass is 9.53. The highest BCUT2D eigenvalue weighted by Crippen LogP contribution is 2.55. The number of fused-ring (bicyclic) bond motifs is 1. The first kappa shape index (κ1) is 23.2. The fourth-order valence-electron chi connectivity index (χ4n) is 5.86. The number of piperidine rings is 1. The number of halogens is 3. The average molecular weight is 464 g/mol. The number of hydrogen-bond donors (Lipinski definition) is 5. The number of hydrogen-bond acceptors (Lipinski definition) is 6. The smallest absolute Gasteiger partial charge is 0.446 e. The Morgan fingerprint density at radius 1 is 1.06 bits per heavy atom. The molecule has 1 aliphatic heterocycles. The molecule has 0 radical (unpaired) electrons. The van der Waals surface area contributed by atoms with Gasteiger partial charge in [-0.1, -0.05) is 18.9 Å². The van der Waals surface area contributed by atoms with E-state index in [4.69, 9.17) is 4.79 Å². The van der Waals surface area contributed by atoms with Gasteiger partial charge in [0.25, 0.3) is 0 Å². The Morgan fingerprint density at radius 3 is 2.42 bits per heavy atom. The number of aromatic hydroxyl groups is 3. The summed E-state index contributed by atoms with van der Waals surface area (Å²) in [5.41, 5.74) is 3.51. The third-order valence-corrected chi connectivity index (χ3v) is 7.17. The van der Waals surface area contributed by atoms with Crippen LogP contribution in [0.1, 0.15) is 43.2 Å². The summed E-state index contributed by atoms with van der Waals surface area (Å²) >= 11 is 0. The van der Waals surface area contributed by atoms with Gasteiger partial charge in [0.2, 0.25) is 6.29 Å². The number of alkyl halides is 3. The van der Waals surface area contributed by atoms with Crippen molar-refractivity contribution in [2.75, 3.05) is 11.9 Å². The minimum Gasteiger partial charge on any atom is -0.506 e. The minimum atomic E-state index is -4.64. The molecule has 0 unspecified atom stereocenters. The van der Waals surface area contributed by atoms with Crippen molar-refractivity contribution in [2.45, 2.75) is 56.2 Å². The second-order valence-corrected chi connectivity index (χ2v) is 9.01. The van der Waals surface area contributed by atoms with E-state index in [9.17, 15) is 28.5 Å². The van der Waals surface area contributed by atoms with E-state index >= 15 is 0 Å². The first-order valence-corrected chi connectivity index (χ1v) is 11.1. The summed E-state index contributed by atoms with van der Waals surface area (Å²) in [6, 6.07) is 9.05. The van der Waals surface area contributed by atoms with Crippen molar-refractivity contribution in [2.24, 2.45) is 5.92 Å². The number of para-hydroxylation sites is 1. The maximum atomic E-state index is 10.8. The lowest BCUT2D eigenvalue weighted by Crippen LogP contribution is -2.59. The lowest BCUT2D eigenvalue weighted by Gasteiger charge is -2.56. The molecule has 3 aliphatic rings. The van der Waals surface area contributed by atoms with Crippen LogP contribution in [-0.2, 0) is 16.6 Å². The van der Waals surface area contributed by atoms with Crippen LogP contribution < -0.4 is 10.6 Å². The van der Waals surface area contributed by atoms with Crippen LogP contribution in [0.4, 0.5) is 24.5 Å². The predicted octanol–water partition coefficient (Wildman–Crippen LogP) is 4.64. The highest BCUT2D eigenvalue weighted by Gasteiger charge is 2.51. The predicted molar refractivity (Wildman–Crippen MR) is 117 cm³/mol. The number of anilines is 2. The molecule has 3 atom stereocenters. The van der Waals surface area contributed by atoms with Crippen molar-refractivity contribution in [3.63, 3.8) is 0 Å². The van der Waals surface area contributed by atoms with Crippen LogP contribution in [0, 0.1) is 5.92 Å². The molecule has 2 aromatic carbocycles. The van der Waals surface area contributed by atoms with Gasteiger partial charge in [-0.3, -0.25) is 4.79 Å². The number of rotatable bonds is 2. The van der Waals surface area contributed by atoms with Gasteiger partial charge in [0.15, 0.2) is 0 Å². The lowest BCUT2D eigenvalue weighted by molar-refractivity contribution is -0.156. The monoisotopic (exact) mass is 464 g/mol. The van der Waals surface area contributed by atoms with Crippen molar-refractivity contribution in [1.82, 2.24) is 5.32 Å². The van der Waals surface area contributed by atoms with E-state index in [1.807, 2.05) is 12.1 Å². The number of phenols is 3. The SMILES string of the molecule is O=CC(F)(F)F.Oc1cc2c(cc1Nc1c(O)cccc1O)C[C@@H]1NCC[C@]23CCCC[C@H]13. The molecule has 1 saturated heterocycles. The molecule has 0 spiro atoms. The van der Waals surface area contributed by atoms with Crippen molar-refractivity contribution in [3.8, 4) is 17.2 Å². The molecule has 6 nitrogen and oxygen atoms in total. The van der Waals surface area contributed by atoms with Crippen molar-refractivity contribution >= 4 is 17.7 Å². The zero-order valence-electron chi connectivity index (χ0n) is 18.0. The number of nitrogens with one attached hydrogen (secondary N) is 2. The Morgan fingerprint density at radius 2 is 1.76 bits per heavy atom. The number of carbonyl (C=O) groups excluding carboxylic acids is 1. The summed E-state index contributed by atoms with van der Waals surface area (Å²) in [5, 5.41) is 37.6. The zero-order valence-corrected chi connectivity index (χ0v) is 18.0. The fourth-order valence-corrected chi connectivity index (χ4v) is 5.86. The molecule has 5 rings (SSSR count). The topological polar surface area (TPSA) is 102 Å². The number of aldehydes is 1. The van der Waals surface area contributed by atoms with Crippen LogP contribution in [0.2, 0.25) is 0 Å². The summed E-state index contributed by atoms with van der Waals surface area (Å²) < 4.78 is 31.2. The van der Waals surface area contributed by atoms with Gasteiger partial charge in [0.1, 0.15) is 22.9 Å². The standard InChI is InChI=1S/C22H26N2O3.C2HF3O/c25-18-5-3-6-19(26)21(18)24-17-11-13-10-16-14-4-1-2-7-22(14,8-9-23-16)15(13)12-20(17)27;3-2(4,5)1-6/h3,5-6,11-12,14,16,23-27H,1-2,4,7-10H2;1H/t14-,16+,22+;/m1./s1. The Hall–Kier alpha value is -2.94. The number of benzene rings is 2. The summed E-state index contributed by atoms with van der Waals surface area (Å²) in [6.07, 6.45) is 1.43. The molecule has 33 heavy (non-hydrogen) atoms. The molecule has 1 saturated carbocycles. The molecule has 178 valence electrons. The first-order chi connectivity index (χ1) is 15.6. The quantitative estimate of drug-likeness (QED) is 0.328. The van der Waals surface area contributed by atoms with Gasteiger partial charge in [0.05, 0.1) is 5.69 Å². The highest BCUT2D eigenvalue weighted by molar-refractivity contribution is 5.76. The van der Waals surface area contributed by atoms with Crippen LogP contribution in [0.3, 0.4) is 0 Å². The Bertz CT molecular complexity index is 1020. The van der Waals surface area contributed by atoms with E-state index in [-0.39, 0.29) is 28.4 Å². The van der Waals surface area contributed by atoms with Crippen LogP contribution in [0.5, 0.6) is 17.2 Å². The normalized spacial score (nSPS) is 25.7. The molecule has 1 heterocycles. The van der Waals surface area contributed by atoms with E-state index in [2.05, 4.69) is 10.6 Å².